The van der Waals surface area contributed by atoms with E-state index in [0.29, 0.717) is 5.56 Å². The van der Waals surface area contributed by atoms with Crippen molar-refractivity contribution in [2.24, 2.45) is 0 Å². The van der Waals surface area contributed by atoms with Crippen molar-refractivity contribution in [1.29, 1.82) is 0 Å². The number of rotatable bonds is 2. The van der Waals surface area contributed by atoms with Crippen LogP contribution in [0.2, 0.25) is 0 Å². The fraction of sp³-hybridized carbons (Fsp3) is 0. The highest BCUT2D eigenvalue weighted by atomic mass is 16.4. The van der Waals surface area contributed by atoms with Gasteiger partial charge in [0.05, 0.1) is 5.56 Å². The van der Waals surface area contributed by atoms with Gasteiger partial charge in [-0.05, 0) is 44.8 Å². The summed E-state index contributed by atoms with van der Waals surface area (Å²) in [5.41, 5.74) is 1.99. The van der Waals surface area contributed by atoms with Crippen molar-refractivity contribution in [2.45, 2.75) is 0 Å². The number of fused-ring (bicyclic) bond motifs is 3. The lowest BCUT2D eigenvalue weighted by Crippen LogP contribution is -1.98. The van der Waals surface area contributed by atoms with Gasteiger partial charge >= 0.3 is 5.97 Å². The van der Waals surface area contributed by atoms with E-state index in [4.69, 9.17) is 0 Å². The van der Waals surface area contributed by atoms with Gasteiger partial charge in [0.2, 0.25) is 0 Å². The molecule has 2 nitrogen and oxygen atoms in total. The lowest BCUT2D eigenvalue weighted by atomic mass is 9.95. The highest BCUT2D eigenvalue weighted by Crippen LogP contribution is 2.31. The number of aromatic carboxylic acids is 1. The van der Waals surface area contributed by atoms with Crippen molar-refractivity contribution in [1.82, 2.24) is 0 Å². The second kappa shape index (κ2) is 5.25. The summed E-state index contributed by atoms with van der Waals surface area (Å²) < 4.78 is 0. The lowest BCUT2D eigenvalue weighted by Gasteiger charge is -2.09. The normalized spacial score (nSPS) is 11.0. The second-order valence-electron chi connectivity index (χ2n) is 5.57. The monoisotopic (exact) mass is 298 g/mol. The Morgan fingerprint density at radius 1 is 0.696 bits per heavy atom. The number of hydrogen-bond donors (Lipinski definition) is 1. The number of hydrogen-bond acceptors (Lipinski definition) is 1. The molecule has 4 aromatic rings. The van der Waals surface area contributed by atoms with Crippen LogP contribution in [-0.2, 0) is 0 Å². The molecule has 0 bridgehead atoms. The van der Waals surface area contributed by atoms with Crippen LogP contribution < -0.4 is 0 Å². The number of benzene rings is 4. The quantitative estimate of drug-likeness (QED) is 0.506. The van der Waals surface area contributed by atoms with Crippen molar-refractivity contribution in [3.63, 3.8) is 0 Å². The molecule has 1 N–H and O–H groups in total. The van der Waals surface area contributed by atoms with Crippen LogP contribution >= 0.6 is 0 Å². The summed E-state index contributed by atoms with van der Waals surface area (Å²) in [6, 6.07) is 25.7. The van der Waals surface area contributed by atoms with E-state index in [1.165, 1.54) is 10.8 Å². The van der Waals surface area contributed by atoms with Crippen LogP contribution in [0.15, 0.2) is 78.9 Å². The first kappa shape index (κ1) is 13.5. The predicted molar refractivity (Wildman–Crippen MR) is 93.8 cm³/mol. The molecular weight excluding hydrogens is 284 g/mol. The molecule has 0 fully saturated rings. The molecule has 0 heterocycles. The van der Waals surface area contributed by atoms with Gasteiger partial charge in [-0.3, -0.25) is 0 Å². The number of carbonyl (C=O) groups is 1. The summed E-state index contributed by atoms with van der Waals surface area (Å²) in [6.45, 7) is 0. The summed E-state index contributed by atoms with van der Waals surface area (Å²) in [5, 5.41) is 14.1. The first-order valence-corrected chi connectivity index (χ1v) is 7.48. The van der Waals surface area contributed by atoms with E-state index in [1.807, 2.05) is 30.3 Å². The summed E-state index contributed by atoms with van der Waals surface area (Å²) in [5.74, 6) is -0.904. The minimum absolute atomic E-state index is 0.326. The Labute approximate surface area is 133 Å². The number of carboxylic acid groups (broad SMARTS) is 1. The highest BCUT2D eigenvalue weighted by Gasteiger charge is 2.11. The topological polar surface area (TPSA) is 37.3 Å². The zero-order valence-corrected chi connectivity index (χ0v) is 12.4. The molecule has 0 saturated heterocycles. The van der Waals surface area contributed by atoms with Gasteiger partial charge < -0.3 is 5.11 Å². The fourth-order valence-corrected chi connectivity index (χ4v) is 3.09. The van der Waals surface area contributed by atoms with E-state index in [2.05, 4.69) is 36.4 Å². The maximum Gasteiger partial charge on any atom is 0.336 e. The van der Waals surface area contributed by atoms with Crippen molar-refractivity contribution < 1.29 is 9.90 Å². The highest BCUT2D eigenvalue weighted by molar-refractivity contribution is 6.09. The molecule has 0 radical (unpaired) electrons. The molecule has 0 aliphatic heterocycles. The average Bonchev–Trinajstić information content (AvgIpc) is 2.61. The summed E-state index contributed by atoms with van der Waals surface area (Å²) in [7, 11) is 0. The molecule has 4 rings (SSSR count). The Bertz CT molecular complexity index is 1050. The molecule has 0 atom stereocenters. The number of carboxylic acids is 1. The molecule has 0 spiro atoms. The molecule has 0 aliphatic carbocycles. The van der Waals surface area contributed by atoms with Gasteiger partial charge in [0.15, 0.2) is 0 Å². The molecule has 2 heteroatoms. The minimum Gasteiger partial charge on any atom is -0.478 e. The van der Waals surface area contributed by atoms with E-state index in [1.54, 1.807) is 12.1 Å². The van der Waals surface area contributed by atoms with Crippen LogP contribution in [-0.4, -0.2) is 11.1 Å². The Balaban J connectivity index is 2.03. The zero-order chi connectivity index (χ0) is 15.8. The van der Waals surface area contributed by atoms with E-state index >= 15 is 0 Å². The van der Waals surface area contributed by atoms with Crippen LogP contribution in [0.3, 0.4) is 0 Å². The maximum atomic E-state index is 11.5. The standard InChI is InChI=1S/C21H14O2/c22-21(23)19-8-4-3-7-18(19)16-12-11-15-10-9-14-5-1-2-6-17(14)20(15)13-16/h1-13H,(H,22,23). The van der Waals surface area contributed by atoms with Crippen LogP contribution in [0.1, 0.15) is 10.4 Å². The Morgan fingerprint density at radius 3 is 2.17 bits per heavy atom. The Hall–Kier alpha value is -3.13. The maximum absolute atomic E-state index is 11.5. The third kappa shape index (κ3) is 2.25. The Morgan fingerprint density at radius 2 is 1.35 bits per heavy atom. The molecule has 0 saturated carbocycles. The molecule has 0 aromatic heterocycles. The van der Waals surface area contributed by atoms with Crippen molar-refractivity contribution in [3.8, 4) is 11.1 Å². The van der Waals surface area contributed by atoms with Crippen LogP contribution in [0, 0.1) is 0 Å². The fourth-order valence-electron chi connectivity index (χ4n) is 3.09. The summed E-state index contributed by atoms with van der Waals surface area (Å²) in [4.78, 5) is 11.5. The Kier molecular flexibility index (Phi) is 3.09. The van der Waals surface area contributed by atoms with E-state index < -0.39 is 5.97 Å². The molecule has 23 heavy (non-hydrogen) atoms. The first-order chi connectivity index (χ1) is 11.2. The second-order valence-corrected chi connectivity index (χ2v) is 5.57. The lowest BCUT2D eigenvalue weighted by molar-refractivity contribution is 0.0697. The van der Waals surface area contributed by atoms with E-state index in [-0.39, 0.29) is 0 Å². The SMILES string of the molecule is O=C(O)c1ccccc1-c1ccc2ccc3ccccc3c2c1. The molecule has 4 aromatic carbocycles. The van der Waals surface area contributed by atoms with Crippen molar-refractivity contribution >= 4 is 27.5 Å². The summed E-state index contributed by atoms with van der Waals surface area (Å²) in [6.07, 6.45) is 0. The van der Waals surface area contributed by atoms with Gasteiger partial charge in [0, 0.05) is 0 Å². The largest absolute Gasteiger partial charge is 0.478 e. The molecule has 0 aliphatic rings. The van der Waals surface area contributed by atoms with Crippen molar-refractivity contribution in [3.05, 3.63) is 84.4 Å². The average molecular weight is 298 g/mol. The van der Waals surface area contributed by atoms with Gasteiger partial charge in [-0.2, -0.15) is 0 Å². The van der Waals surface area contributed by atoms with Gasteiger partial charge in [-0.25, -0.2) is 4.79 Å². The van der Waals surface area contributed by atoms with Gasteiger partial charge in [0.1, 0.15) is 0 Å². The van der Waals surface area contributed by atoms with Gasteiger partial charge in [-0.1, -0.05) is 66.7 Å². The molecule has 0 amide bonds. The predicted octanol–water partition coefficient (Wildman–Crippen LogP) is 5.36. The van der Waals surface area contributed by atoms with Crippen LogP contribution in [0.5, 0.6) is 0 Å². The first-order valence-electron chi connectivity index (χ1n) is 7.48. The summed E-state index contributed by atoms with van der Waals surface area (Å²) >= 11 is 0. The molecular formula is C21H14O2. The van der Waals surface area contributed by atoms with Gasteiger partial charge in [-0.15, -0.1) is 0 Å². The zero-order valence-electron chi connectivity index (χ0n) is 12.4. The minimum atomic E-state index is -0.904. The molecule has 0 unspecified atom stereocenters. The van der Waals surface area contributed by atoms with Crippen LogP contribution in [0.25, 0.3) is 32.7 Å². The third-order valence-corrected chi connectivity index (χ3v) is 4.22. The van der Waals surface area contributed by atoms with E-state index in [9.17, 15) is 9.90 Å². The molecule has 110 valence electrons. The smallest absolute Gasteiger partial charge is 0.336 e. The van der Waals surface area contributed by atoms with E-state index in [0.717, 1.165) is 21.9 Å². The van der Waals surface area contributed by atoms with Crippen LogP contribution in [0.4, 0.5) is 0 Å². The third-order valence-electron chi connectivity index (χ3n) is 4.22. The van der Waals surface area contributed by atoms with Gasteiger partial charge in [0.25, 0.3) is 0 Å². The van der Waals surface area contributed by atoms with Crippen molar-refractivity contribution in [2.75, 3.05) is 0 Å².